The Morgan fingerprint density at radius 3 is 2.65 bits per heavy atom. The predicted molar refractivity (Wildman–Crippen MR) is 64.0 cm³/mol. The van der Waals surface area contributed by atoms with E-state index in [0.29, 0.717) is 24.1 Å². The van der Waals surface area contributed by atoms with Crippen LogP contribution in [0.25, 0.3) is 11.4 Å². The molecule has 0 radical (unpaired) electrons. The first-order valence-corrected chi connectivity index (χ1v) is 5.65. The van der Waals surface area contributed by atoms with E-state index in [2.05, 4.69) is 29.0 Å². The molecule has 0 amide bonds. The molecule has 2 N–H and O–H groups in total. The van der Waals surface area contributed by atoms with Crippen molar-refractivity contribution in [3.8, 4) is 11.4 Å². The maximum atomic E-state index is 5.96. The number of nitrogens with two attached hydrogens (primary N) is 1. The Bertz CT molecular complexity index is 466. The molecule has 0 spiro atoms. The van der Waals surface area contributed by atoms with E-state index in [9.17, 15) is 0 Å². The lowest BCUT2D eigenvalue weighted by Crippen LogP contribution is -2.28. The third-order valence-electron chi connectivity index (χ3n) is 2.67. The van der Waals surface area contributed by atoms with Crippen LogP contribution >= 0.6 is 0 Å². The Kier molecular flexibility index (Phi) is 3.49. The van der Waals surface area contributed by atoms with Crippen LogP contribution in [0.5, 0.6) is 0 Å². The second-order valence-corrected chi connectivity index (χ2v) is 4.36. The largest absolute Gasteiger partial charge is 0.339 e. The van der Waals surface area contributed by atoms with E-state index in [0.717, 1.165) is 5.56 Å². The summed E-state index contributed by atoms with van der Waals surface area (Å²) in [5, 5.41) is 3.93. The molecule has 90 valence electrons. The second-order valence-electron chi connectivity index (χ2n) is 4.36. The van der Waals surface area contributed by atoms with Crippen molar-refractivity contribution in [1.29, 1.82) is 0 Å². The summed E-state index contributed by atoms with van der Waals surface area (Å²) < 4.78 is 5.18. The van der Waals surface area contributed by atoms with E-state index in [4.69, 9.17) is 10.3 Å². The highest BCUT2D eigenvalue weighted by Crippen LogP contribution is 2.15. The summed E-state index contributed by atoms with van der Waals surface area (Å²) in [6, 6.07) is 3.73. The molecule has 0 saturated heterocycles. The van der Waals surface area contributed by atoms with Crippen LogP contribution in [0.4, 0.5) is 0 Å². The molecule has 2 heterocycles. The molecule has 0 fully saturated rings. The molecule has 0 aromatic carbocycles. The van der Waals surface area contributed by atoms with Crippen molar-refractivity contribution in [3.05, 3.63) is 30.4 Å². The van der Waals surface area contributed by atoms with E-state index < -0.39 is 0 Å². The van der Waals surface area contributed by atoms with Crippen molar-refractivity contribution >= 4 is 0 Å². The zero-order valence-electron chi connectivity index (χ0n) is 10.00. The normalized spacial score (nSPS) is 12.9. The highest BCUT2D eigenvalue weighted by atomic mass is 16.5. The highest BCUT2D eigenvalue weighted by molar-refractivity contribution is 5.52. The molecule has 0 saturated carbocycles. The monoisotopic (exact) mass is 232 g/mol. The zero-order chi connectivity index (χ0) is 12.3. The van der Waals surface area contributed by atoms with Crippen LogP contribution < -0.4 is 5.73 Å². The number of nitrogens with zero attached hydrogens (tertiary/aromatic N) is 3. The van der Waals surface area contributed by atoms with Crippen molar-refractivity contribution in [2.75, 3.05) is 0 Å². The summed E-state index contributed by atoms with van der Waals surface area (Å²) in [4.78, 5) is 8.26. The summed E-state index contributed by atoms with van der Waals surface area (Å²) in [5.74, 6) is 1.56. The minimum Gasteiger partial charge on any atom is -0.339 e. The first-order valence-electron chi connectivity index (χ1n) is 5.65. The third kappa shape index (κ3) is 2.88. The van der Waals surface area contributed by atoms with Crippen molar-refractivity contribution in [2.45, 2.75) is 26.3 Å². The summed E-state index contributed by atoms with van der Waals surface area (Å²) >= 11 is 0. The fourth-order valence-electron chi connectivity index (χ4n) is 1.39. The molecule has 17 heavy (non-hydrogen) atoms. The van der Waals surface area contributed by atoms with Crippen LogP contribution in [-0.4, -0.2) is 21.2 Å². The lowest BCUT2D eigenvalue weighted by Gasteiger charge is -2.11. The van der Waals surface area contributed by atoms with E-state index in [1.807, 2.05) is 12.1 Å². The molecular formula is C12H16N4O. The number of pyridine rings is 1. The number of hydrogen-bond acceptors (Lipinski definition) is 5. The molecule has 1 unspecified atom stereocenters. The number of hydrogen-bond donors (Lipinski definition) is 1. The Morgan fingerprint density at radius 2 is 2.00 bits per heavy atom. The summed E-state index contributed by atoms with van der Waals surface area (Å²) in [7, 11) is 0. The van der Waals surface area contributed by atoms with Gasteiger partial charge in [-0.25, -0.2) is 0 Å². The molecule has 0 aliphatic heterocycles. The topological polar surface area (TPSA) is 77.8 Å². The lowest BCUT2D eigenvalue weighted by atomic mass is 10.0. The molecule has 1 atom stereocenters. The SMILES string of the molecule is CC(C)C(N)Cc1nc(-c2ccncc2)no1. The smallest absolute Gasteiger partial charge is 0.228 e. The average molecular weight is 232 g/mol. The van der Waals surface area contributed by atoms with Crippen LogP contribution in [0, 0.1) is 5.92 Å². The maximum Gasteiger partial charge on any atom is 0.228 e. The molecule has 2 rings (SSSR count). The Balaban J connectivity index is 2.12. The Morgan fingerprint density at radius 1 is 1.29 bits per heavy atom. The summed E-state index contributed by atoms with van der Waals surface area (Å²) in [5.41, 5.74) is 6.86. The van der Waals surface area contributed by atoms with Crippen molar-refractivity contribution in [1.82, 2.24) is 15.1 Å². The molecule has 2 aromatic heterocycles. The first-order chi connectivity index (χ1) is 8.16. The van der Waals surface area contributed by atoms with Gasteiger partial charge in [-0.1, -0.05) is 19.0 Å². The van der Waals surface area contributed by atoms with Gasteiger partial charge < -0.3 is 10.3 Å². The molecule has 0 bridgehead atoms. The molecule has 0 aliphatic carbocycles. The van der Waals surface area contributed by atoms with Crippen molar-refractivity contribution < 1.29 is 4.52 Å². The van der Waals surface area contributed by atoms with E-state index in [-0.39, 0.29) is 6.04 Å². The zero-order valence-corrected chi connectivity index (χ0v) is 10.00. The van der Waals surface area contributed by atoms with Crippen LogP contribution in [-0.2, 0) is 6.42 Å². The molecule has 2 aromatic rings. The minimum atomic E-state index is 0.0424. The van der Waals surface area contributed by atoms with Gasteiger partial charge in [0.25, 0.3) is 0 Å². The van der Waals surface area contributed by atoms with Gasteiger partial charge in [-0.2, -0.15) is 4.98 Å². The van der Waals surface area contributed by atoms with Crippen LogP contribution in [0.3, 0.4) is 0 Å². The van der Waals surface area contributed by atoms with Gasteiger partial charge in [-0.15, -0.1) is 0 Å². The average Bonchev–Trinajstić information content (AvgIpc) is 2.78. The van der Waals surface area contributed by atoms with Crippen molar-refractivity contribution in [3.63, 3.8) is 0 Å². The standard InChI is InChI=1S/C12H16N4O/c1-8(2)10(13)7-11-15-12(16-17-11)9-3-5-14-6-4-9/h3-6,8,10H,7,13H2,1-2H3. The van der Waals surface area contributed by atoms with Crippen LogP contribution in [0.15, 0.2) is 29.0 Å². The maximum absolute atomic E-state index is 5.96. The van der Waals surface area contributed by atoms with Gasteiger partial charge in [0.15, 0.2) is 0 Å². The Labute approximate surface area is 100 Å². The fourth-order valence-corrected chi connectivity index (χ4v) is 1.39. The van der Waals surface area contributed by atoms with Gasteiger partial charge in [-0.3, -0.25) is 4.98 Å². The molecule has 0 aliphatic rings. The number of rotatable bonds is 4. The lowest BCUT2D eigenvalue weighted by molar-refractivity contribution is 0.353. The number of aromatic nitrogens is 3. The molecule has 5 nitrogen and oxygen atoms in total. The first kappa shape index (κ1) is 11.7. The highest BCUT2D eigenvalue weighted by Gasteiger charge is 2.14. The second kappa shape index (κ2) is 5.05. The minimum absolute atomic E-state index is 0.0424. The van der Waals surface area contributed by atoms with Gasteiger partial charge in [0, 0.05) is 30.4 Å². The third-order valence-corrected chi connectivity index (χ3v) is 2.67. The quantitative estimate of drug-likeness (QED) is 0.867. The van der Waals surface area contributed by atoms with E-state index >= 15 is 0 Å². The van der Waals surface area contributed by atoms with Crippen LogP contribution in [0.1, 0.15) is 19.7 Å². The van der Waals surface area contributed by atoms with E-state index in [1.54, 1.807) is 12.4 Å². The van der Waals surface area contributed by atoms with Gasteiger partial charge in [-0.05, 0) is 18.1 Å². The summed E-state index contributed by atoms with van der Waals surface area (Å²) in [6.07, 6.45) is 4.01. The van der Waals surface area contributed by atoms with E-state index in [1.165, 1.54) is 0 Å². The Hall–Kier alpha value is -1.75. The molecule has 5 heteroatoms. The van der Waals surface area contributed by atoms with Gasteiger partial charge >= 0.3 is 0 Å². The van der Waals surface area contributed by atoms with Crippen LogP contribution in [0.2, 0.25) is 0 Å². The fraction of sp³-hybridized carbons (Fsp3) is 0.417. The predicted octanol–water partition coefficient (Wildman–Crippen LogP) is 1.66. The summed E-state index contributed by atoms with van der Waals surface area (Å²) in [6.45, 7) is 4.15. The van der Waals surface area contributed by atoms with Gasteiger partial charge in [0.1, 0.15) is 0 Å². The van der Waals surface area contributed by atoms with Gasteiger partial charge in [0.05, 0.1) is 0 Å². The molecular weight excluding hydrogens is 216 g/mol. The van der Waals surface area contributed by atoms with Gasteiger partial charge in [0.2, 0.25) is 11.7 Å². The van der Waals surface area contributed by atoms with Crippen molar-refractivity contribution in [2.24, 2.45) is 11.7 Å².